The molecule has 0 aromatic carbocycles. The summed E-state index contributed by atoms with van der Waals surface area (Å²) in [7, 11) is 0. The lowest BCUT2D eigenvalue weighted by Crippen LogP contribution is -1.79. The third-order valence-electron chi connectivity index (χ3n) is 1.80. The third kappa shape index (κ3) is 3.26. The van der Waals surface area contributed by atoms with Crippen molar-refractivity contribution in [3.8, 4) is 0 Å². The standard InChI is InChI=1S/C10H10ClNOS2/c1-7-4-8(12-13-7)5-14-6-9-2-3-10(11)15-9/h2-4H,5-6H2,1H3. The second-order valence-corrected chi connectivity index (χ2v) is 5.91. The van der Waals surface area contributed by atoms with Gasteiger partial charge in [-0.05, 0) is 19.1 Å². The van der Waals surface area contributed by atoms with E-state index in [9.17, 15) is 0 Å². The zero-order chi connectivity index (χ0) is 10.7. The van der Waals surface area contributed by atoms with Crippen molar-refractivity contribution >= 4 is 34.7 Å². The molecule has 0 unspecified atom stereocenters. The van der Waals surface area contributed by atoms with Crippen LogP contribution in [0.5, 0.6) is 0 Å². The SMILES string of the molecule is Cc1cc(CSCc2ccc(Cl)s2)no1. The summed E-state index contributed by atoms with van der Waals surface area (Å²) in [5.41, 5.74) is 1.00. The maximum atomic E-state index is 5.84. The van der Waals surface area contributed by atoms with Gasteiger partial charge in [-0.25, -0.2) is 0 Å². The Balaban J connectivity index is 1.80. The fourth-order valence-corrected chi connectivity index (χ4v) is 3.28. The molecule has 0 bridgehead atoms. The van der Waals surface area contributed by atoms with Crippen molar-refractivity contribution in [2.45, 2.75) is 18.4 Å². The number of hydrogen-bond donors (Lipinski definition) is 0. The van der Waals surface area contributed by atoms with E-state index in [1.54, 1.807) is 11.3 Å². The van der Waals surface area contributed by atoms with Gasteiger partial charge < -0.3 is 4.52 Å². The van der Waals surface area contributed by atoms with Crippen LogP contribution >= 0.6 is 34.7 Å². The monoisotopic (exact) mass is 259 g/mol. The summed E-state index contributed by atoms with van der Waals surface area (Å²) >= 11 is 9.29. The van der Waals surface area contributed by atoms with Crippen molar-refractivity contribution in [1.82, 2.24) is 5.16 Å². The number of aromatic nitrogens is 1. The van der Waals surface area contributed by atoms with Gasteiger partial charge in [0.2, 0.25) is 0 Å². The number of hydrogen-bond acceptors (Lipinski definition) is 4. The summed E-state index contributed by atoms with van der Waals surface area (Å²) in [6.45, 7) is 1.90. The second-order valence-electron chi connectivity index (χ2n) is 3.13. The van der Waals surface area contributed by atoms with Gasteiger partial charge in [-0.1, -0.05) is 16.8 Å². The average molecular weight is 260 g/mol. The predicted octanol–water partition coefficient (Wildman–Crippen LogP) is 4.13. The second kappa shape index (κ2) is 5.05. The van der Waals surface area contributed by atoms with Crippen LogP contribution in [0, 0.1) is 6.92 Å². The quantitative estimate of drug-likeness (QED) is 0.826. The molecule has 0 aliphatic rings. The van der Waals surface area contributed by atoms with Gasteiger partial charge in [0.05, 0.1) is 10.0 Å². The van der Waals surface area contributed by atoms with Gasteiger partial charge in [-0.2, -0.15) is 0 Å². The zero-order valence-electron chi connectivity index (χ0n) is 8.20. The molecule has 0 aliphatic heterocycles. The number of nitrogens with zero attached hydrogens (tertiary/aromatic N) is 1. The highest BCUT2D eigenvalue weighted by Gasteiger charge is 2.02. The first-order valence-corrected chi connectivity index (χ1v) is 6.83. The Bertz CT molecular complexity index is 398. The highest BCUT2D eigenvalue weighted by atomic mass is 35.5. The van der Waals surface area contributed by atoms with Crippen LogP contribution in [-0.2, 0) is 11.5 Å². The molecule has 2 heterocycles. The van der Waals surface area contributed by atoms with E-state index in [1.807, 2.05) is 30.8 Å². The van der Waals surface area contributed by atoms with Gasteiger partial charge >= 0.3 is 0 Å². The molecule has 2 nitrogen and oxygen atoms in total. The largest absolute Gasteiger partial charge is 0.361 e. The molecule has 0 atom stereocenters. The maximum absolute atomic E-state index is 5.84. The van der Waals surface area contributed by atoms with Crippen molar-refractivity contribution in [2.24, 2.45) is 0 Å². The topological polar surface area (TPSA) is 26.0 Å². The third-order valence-corrected chi connectivity index (χ3v) is 4.23. The van der Waals surface area contributed by atoms with E-state index in [2.05, 4.69) is 11.2 Å². The van der Waals surface area contributed by atoms with Crippen LogP contribution in [-0.4, -0.2) is 5.16 Å². The van der Waals surface area contributed by atoms with Crippen LogP contribution in [0.1, 0.15) is 16.3 Å². The minimum absolute atomic E-state index is 0.850. The molecular formula is C10H10ClNOS2. The first-order chi connectivity index (χ1) is 7.24. The molecule has 80 valence electrons. The van der Waals surface area contributed by atoms with Crippen molar-refractivity contribution in [1.29, 1.82) is 0 Å². The first kappa shape index (κ1) is 11.0. The Kier molecular flexibility index (Phi) is 3.72. The molecule has 0 fully saturated rings. The summed E-state index contributed by atoms with van der Waals surface area (Å²) in [6, 6.07) is 5.96. The van der Waals surface area contributed by atoms with Gasteiger partial charge in [0, 0.05) is 22.4 Å². The molecule has 0 amide bonds. The van der Waals surface area contributed by atoms with Crippen molar-refractivity contribution in [2.75, 3.05) is 0 Å². The van der Waals surface area contributed by atoms with Crippen LogP contribution in [0.2, 0.25) is 4.34 Å². The summed E-state index contributed by atoms with van der Waals surface area (Å²) in [4.78, 5) is 1.30. The predicted molar refractivity (Wildman–Crippen MR) is 65.6 cm³/mol. The Morgan fingerprint density at radius 1 is 1.47 bits per heavy atom. The molecule has 5 heteroatoms. The Hall–Kier alpha value is -0.450. The lowest BCUT2D eigenvalue weighted by atomic mass is 10.4. The van der Waals surface area contributed by atoms with Gasteiger partial charge in [0.1, 0.15) is 5.76 Å². The summed E-state index contributed by atoms with van der Waals surface area (Å²) in [5.74, 6) is 2.72. The highest BCUT2D eigenvalue weighted by molar-refractivity contribution is 7.97. The van der Waals surface area contributed by atoms with Gasteiger partial charge in [0.25, 0.3) is 0 Å². The molecule has 2 aromatic heterocycles. The zero-order valence-corrected chi connectivity index (χ0v) is 10.6. The Morgan fingerprint density at radius 3 is 2.93 bits per heavy atom. The lowest BCUT2D eigenvalue weighted by Gasteiger charge is -1.94. The average Bonchev–Trinajstić information content (AvgIpc) is 2.76. The molecule has 0 aliphatic carbocycles. The van der Waals surface area contributed by atoms with Crippen molar-refractivity contribution in [3.05, 3.63) is 38.9 Å². The number of thioether (sulfide) groups is 1. The maximum Gasteiger partial charge on any atom is 0.133 e. The number of thiophene rings is 1. The van der Waals surface area contributed by atoms with E-state index in [0.717, 1.165) is 27.3 Å². The molecular weight excluding hydrogens is 250 g/mol. The summed E-state index contributed by atoms with van der Waals surface area (Å²) in [6.07, 6.45) is 0. The van der Waals surface area contributed by atoms with Crippen molar-refractivity contribution in [3.63, 3.8) is 0 Å². The molecule has 0 radical (unpaired) electrons. The molecule has 0 saturated heterocycles. The van der Waals surface area contributed by atoms with Crippen molar-refractivity contribution < 1.29 is 4.52 Å². The molecule has 2 aromatic rings. The van der Waals surface area contributed by atoms with E-state index >= 15 is 0 Å². The normalized spacial score (nSPS) is 10.8. The Labute approximate surface area is 102 Å². The minimum Gasteiger partial charge on any atom is -0.361 e. The summed E-state index contributed by atoms with van der Waals surface area (Å²) in [5, 5.41) is 3.93. The lowest BCUT2D eigenvalue weighted by molar-refractivity contribution is 0.393. The smallest absolute Gasteiger partial charge is 0.133 e. The van der Waals surface area contributed by atoms with E-state index in [1.165, 1.54) is 4.88 Å². The van der Waals surface area contributed by atoms with E-state index in [4.69, 9.17) is 16.1 Å². The number of rotatable bonds is 4. The van der Waals surface area contributed by atoms with Crippen LogP contribution in [0.25, 0.3) is 0 Å². The van der Waals surface area contributed by atoms with Crippen LogP contribution in [0.3, 0.4) is 0 Å². The van der Waals surface area contributed by atoms with E-state index < -0.39 is 0 Å². The Morgan fingerprint density at radius 2 is 2.33 bits per heavy atom. The fraction of sp³-hybridized carbons (Fsp3) is 0.300. The molecule has 0 N–H and O–H groups in total. The summed E-state index contributed by atoms with van der Waals surface area (Å²) < 4.78 is 5.84. The van der Waals surface area contributed by atoms with Gasteiger partial charge in [-0.15, -0.1) is 23.1 Å². The molecule has 2 rings (SSSR count). The van der Waals surface area contributed by atoms with E-state index in [-0.39, 0.29) is 0 Å². The van der Waals surface area contributed by atoms with Crippen LogP contribution < -0.4 is 0 Å². The molecule has 0 spiro atoms. The molecule has 0 saturated carbocycles. The first-order valence-electron chi connectivity index (χ1n) is 4.48. The van der Waals surface area contributed by atoms with Gasteiger partial charge in [0.15, 0.2) is 0 Å². The highest BCUT2D eigenvalue weighted by Crippen LogP contribution is 2.26. The molecule has 15 heavy (non-hydrogen) atoms. The fourth-order valence-electron chi connectivity index (χ4n) is 1.17. The van der Waals surface area contributed by atoms with E-state index in [0.29, 0.717) is 0 Å². The van der Waals surface area contributed by atoms with Crippen LogP contribution in [0.15, 0.2) is 22.7 Å². The number of halogens is 1. The van der Waals surface area contributed by atoms with Crippen LogP contribution in [0.4, 0.5) is 0 Å². The van der Waals surface area contributed by atoms with Gasteiger partial charge in [-0.3, -0.25) is 0 Å². The number of aryl methyl sites for hydroxylation is 1. The minimum atomic E-state index is 0.850.